The molecule has 0 radical (unpaired) electrons. The molecule has 0 atom stereocenters. The summed E-state index contributed by atoms with van der Waals surface area (Å²) in [6.07, 6.45) is 2.67. The van der Waals surface area contributed by atoms with E-state index in [9.17, 15) is 10.1 Å². The Bertz CT molecular complexity index is 812. The monoisotopic (exact) mass is 329 g/mol. The molecule has 2 N–H and O–H groups in total. The molecule has 0 unspecified atom stereocenters. The molecule has 23 heavy (non-hydrogen) atoms. The number of hydrogen-bond donors (Lipinski definition) is 2. The molecule has 2 aromatic heterocycles. The summed E-state index contributed by atoms with van der Waals surface area (Å²) in [5.41, 5.74) is 1.55. The Hall–Kier alpha value is -2.33. The van der Waals surface area contributed by atoms with Crippen LogP contribution in [0.1, 0.15) is 31.2 Å². The Labute approximate surface area is 136 Å². The van der Waals surface area contributed by atoms with Crippen LogP contribution in [0.2, 0.25) is 0 Å². The van der Waals surface area contributed by atoms with Gasteiger partial charge in [-0.3, -0.25) is 0 Å². The van der Waals surface area contributed by atoms with E-state index in [0.29, 0.717) is 11.4 Å². The molecule has 0 saturated heterocycles. The zero-order valence-electron chi connectivity index (χ0n) is 12.3. The number of hydrogen-bond acceptors (Lipinski definition) is 5. The van der Waals surface area contributed by atoms with Crippen LogP contribution in [0.25, 0.3) is 10.2 Å². The van der Waals surface area contributed by atoms with Crippen molar-refractivity contribution in [3.8, 4) is 11.9 Å². The maximum absolute atomic E-state index is 10.6. The second-order valence-corrected chi connectivity index (χ2v) is 7.41. The highest BCUT2D eigenvalue weighted by atomic mass is 32.1. The SMILES string of the molecule is N#Cc1cc2sccc2nc1OC1CC2(CC(NC(=O)O)C2)C1. The number of carbonyl (C=O) groups is 1. The number of fused-ring (bicyclic) bond motifs is 1. The standard InChI is InChI=1S/C16H15N3O3S/c17-8-9-3-13-12(1-2-23-13)19-14(9)22-11-6-16(7-11)4-10(5-16)18-15(20)21/h1-3,10-11,18H,4-7H2,(H,20,21). The molecule has 1 amide bonds. The molecule has 6 nitrogen and oxygen atoms in total. The van der Waals surface area contributed by atoms with Gasteiger partial charge in [-0.05, 0) is 48.6 Å². The highest BCUT2D eigenvalue weighted by molar-refractivity contribution is 7.17. The maximum Gasteiger partial charge on any atom is 0.404 e. The van der Waals surface area contributed by atoms with Crippen molar-refractivity contribution in [3.63, 3.8) is 0 Å². The molecule has 2 heterocycles. The summed E-state index contributed by atoms with van der Waals surface area (Å²) in [6, 6.07) is 5.97. The van der Waals surface area contributed by atoms with Crippen LogP contribution < -0.4 is 10.1 Å². The summed E-state index contributed by atoms with van der Waals surface area (Å²) in [6.45, 7) is 0. The summed E-state index contributed by atoms with van der Waals surface area (Å²) < 4.78 is 6.92. The van der Waals surface area contributed by atoms with E-state index in [0.717, 1.165) is 35.9 Å². The molecule has 0 aromatic carbocycles. The van der Waals surface area contributed by atoms with E-state index in [-0.39, 0.29) is 17.6 Å². The van der Waals surface area contributed by atoms with Gasteiger partial charge in [0.2, 0.25) is 5.88 Å². The van der Waals surface area contributed by atoms with Crippen molar-refractivity contribution in [3.05, 3.63) is 23.1 Å². The third-order valence-electron chi connectivity index (χ3n) is 4.81. The summed E-state index contributed by atoms with van der Waals surface area (Å²) in [5.74, 6) is 0.415. The van der Waals surface area contributed by atoms with Crippen molar-refractivity contribution in [2.24, 2.45) is 5.41 Å². The highest BCUT2D eigenvalue weighted by Crippen LogP contribution is 2.56. The molecule has 4 rings (SSSR count). The molecule has 2 aromatic rings. The fourth-order valence-electron chi connectivity index (χ4n) is 3.79. The van der Waals surface area contributed by atoms with Crippen LogP contribution in [0.4, 0.5) is 4.79 Å². The molecule has 0 aliphatic heterocycles. The van der Waals surface area contributed by atoms with E-state index in [1.807, 2.05) is 17.5 Å². The molecule has 2 saturated carbocycles. The number of aromatic nitrogens is 1. The first kappa shape index (κ1) is 14.3. The molecule has 7 heteroatoms. The smallest absolute Gasteiger partial charge is 0.404 e. The van der Waals surface area contributed by atoms with Gasteiger partial charge >= 0.3 is 6.09 Å². The normalized spacial score (nSPS) is 28.7. The molecule has 2 fully saturated rings. The lowest BCUT2D eigenvalue weighted by atomic mass is 9.53. The second-order valence-electron chi connectivity index (χ2n) is 6.46. The summed E-state index contributed by atoms with van der Waals surface area (Å²) in [7, 11) is 0. The third kappa shape index (κ3) is 2.49. The minimum Gasteiger partial charge on any atom is -0.473 e. The first-order chi connectivity index (χ1) is 11.1. The van der Waals surface area contributed by atoms with Crippen molar-refractivity contribution < 1.29 is 14.6 Å². The van der Waals surface area contributed by atoms with Gasteiger partial charge in [-0.15, -0.1) is 11.3 Å². The number of thiophene rings is 1. The number of nitriles is 1. The number of carboxylic acid groups (broad SMARTS) is 1. The van der Waals surface area contributed by atoms with Gasteiger partial charge < -0.3 is 15.2 Å². The van der Waals surface area contributed by atoms with Crippen LogP contribution in [0.15, 0.2) is 17.5 Å². The van der Waals surface area contributed by atoms with Crippen molar-refractivity contribution in [2.75, 3.05) is 0 Å². The number of pyridine rings is 1. The second kappa shape index (κ2) is 5.10. The predicted octanol–water partition coefficient (Wildman–Crippen LogP) is 3.13. The molecular weight excluding hydrogens is 314 g/mol. The van der Waals surface area contributed by atoms with Crippen LogP contribution >= 0.6 is 11.3 Å². The van der Waals surface area contributed by atoms with Crippen molar-refractivity contribution in [2.45, 2.75) is 37.8 Å². The van der Waals surface area contributed by atoms with E-state index in [1.54, 1.807) is 11.3 Å². The first-order valence-corrected chi connectivity index (χ1v) is 8.39. The largest absolute Gasteiger partial charge is 0.473 e. The van der Waals surface area contributed by atoms with Crippen LogP contribution in [0.3, 0.4) is 0 Å². The molecule has 0 bridgehead atoms. The van der Waals surface area contributed by atoms with Crippen molar-refractivity contribution in [1.29, 1.82) is 5.26 Å². The van der Waals surface area contributed by atoms with Crippen LogP contribution in [-0.4, -0.2) is 28.3 Å². The number of nitrogens with one attached hydrogen (secondary N) is 1. The zero-order valence-corrected chi connectivity index (χ0v) is 13.1. The molecule has 2 aliphatic carbocycles. The first-order valence-electron chi connectivity index (χ1n) is 7.51. The minimum absolute atomic E-state index is 0.0662. The van der Waals surface area contributed by atoms with Gasteiger partial charge in [0.05, 0.1) is 10.2 Å². The number of rotatable bonds is 3. The van der Waals surface area contributed by atoms with Crippen molar-refractivity contribution >= 4 is 27.6 Å². The van der Waals surface area contributed by atoms with Gasteiger partial charge in [0, 0.05) is 6.04 Å². The topological polar surface area (TPSA) is 95.2 Å². The fourth-order valence-corrected chi connectivity index (χ4v) is 4.55. The van der Waals surface area contributed by atoms with Gasteiger partial charge in [0.15, 0.2) is 0 Å². The minimum atomic E-state index is -0.955. The Morgan fingerprint density at radius 1 is 1.48 bits per heavy atom. The lowest BCUT2D eigenvalue weighted by Crippen LogP contribution is -2.58. The van der Waals surface area contributed by atoms with E-state index in [2.05, 4.69) is 16.4 Å². The van der Waals surface area contributed by atoms with E-state index >= 15 is 0 Å². The number of nitrogens with zero attached hydrogens (tertiary/aromatic N) is 2. The Balaban J connectivity index is 1.40. The predicted molar refractivity (Wildman–Crippen MR) is 84.6 cm³/mol. The van der Waals surface area contributed by atoms with E-state index in [1.165, 1.54) is 0 Å². The summed E-state index contributed by atoms with van der Waals surface area (Å²) in [5, 5.41) is 22.5. The molecular formula is C16H15N3O3S. The van der Waals surface area contributed by atoms with E-state index < -0.39 is 6.09 Å². The van der Waals surface area contributed by atoms with Gasteiger partial charge in [-0.25, -0.2) is 9.78 Å². The summed E-state index contributed by atoms with van der Waals surface area (Å²) >= 11 is 1.56. The van der Waals surface area contributed by atoms with Gasteiger partial charge in [0.1, 0.15) is 17.7 Å². The average molecular weight is 329 g/mol. The molecule has 1 spiro atoms. The zero-order chi connectivity index (χ0) is 16.0. The lowest BCUT2D eigenvalue weighted by molar-refractivity contribution is -0.0850. The highest BCUT2D eigenvalue weighted by Gasteiger charge is 2.54. The third-order valence-corrected chi connectivity index (χ3v) is 5.66. The van der Waals surface area contributed by atoms with E-state index in [4.69, 9.17) is 9.84 Å². The molecule has 2 aliphatic rings. The summed E-state index contributed by atoms with van der Waals surface area (Å²) in [4.78, 5) is 15.1. The van der Waals surface area contributed by atoms with Crippen molar-refractivity contribution in [1.82, 2.24) is 10.3 Å². The Kier molecular flexibility index (Phi) is 3.16. The van der Waals surface area contributed by atoms with Crippen LogP contribution in [0, 0.1) is 16.7 Å². The van der Waals surface area contributed by atoms with Crippen LogP contribution in [0.5, 0.6) is 5.88 Å². The van der Waals surface area contributed by atoms with Gasteiger partial charge in [-0.2, -0.15) is 5.26 Å². The Morgan fingerprint density at radius 3 is 2.96 bits per heavy atom. The quantitative estimate of drug-likeness (QED) is 0.902. The number of amides is 1. The van der Waals surface area contributed by atoms with Crippen LogP contribution in [-0.2, 0) is 0 Å². The maximum atomic E-state index is 10.6. The fraction of sp³-hybridized carbons (Fsp3) is 0.438. The lowest BCUT2D eigenvalue weighted by Gasteiger charge is -2.56. The van der Waals surface area contributed by atoms with Gasteiger partial charge in [-0.1, -0.05) is 0 Å². The Morgan fingerprint density at radius 2 is 2.26 bits per heavy atom. The molecule has 118 valence electrons. The number of ether oxygens (including phenoxy) is 1. The van der Waals surface area contributed by atoms with Gasteiger partial charge in [0.25, 0.3) is 0 Å². The average Bonchev–Trinajstić information content (AvgIpc) is 2.88.